The molecular weight excluding hydrogens is 304 g/mol. The Morgan fingerprint density at radius 2 is 1.83 bits per heavy atom. The number of nitrogens with one attached hydrogen (secondary N) is 2. The van der Waals surface area contributed by atoms with Gasteiger partial charge < -0.3 is 25.2 Å². The average molecular weight is 320 g/mol. The highest BCUT2D eigenvalue weighted by atomic mass is 16.7. The molecule has 1 saturated heterocycles. The van der Waals surface area contributed by atoms with E-state index in [9.17, 15) is 14.4 Å². The smallest absolute Gasteiger partial charge is 0.350 e. The minimum Gasteiger partial charge on any atom is -0.478 e. The van der Waals surface area contributed by atoms with Crippen molar-refractivity contribution in [2.45, 2.75) is 19.6 Å². The summed E-state index contributed by atoms with van der Waals surface area (Å²) in [6.45, 7) is 2.89. The van der Waals surface area contributed by atoms with Crippen LogP contribution in [-0.2, 0) is 19.1 Å². The molecule has 122 valence electrons. The van der Waals surface area contributed by atoms with Gasteiger partial charge in [0, 0.05) is 27.1 Å². The Balaban J connectivity index is 2.30. The summed E-state index contributed by atoms with van der Waals surface area (Å²) >= 11 is 0. The van der Waals surface area contributed by atoms with Crippen LogP contribution in [0.25, 0.3) is 0 Å². The van der Waals surface area contributed by atoms with Crippen LogP contribution in [0.4, 0.5) is 11.4 Å². The Bertz CT molecular complexity index is 686. The average Bonchev–Trinajstić information content (AvgIpc) is 2.44. The number of para-hydroxylation sites is 1. The zero-order valence-electron chi connectivity index (χ0n) is 12.8. The first kappa shape index (κ1) is 16.3. The fraction of sp³-hybridized carbons (Fsp3) is 0.267. The number of aromatic carboxylic acids is 1. The molecule has 0 spiro atoms. The van der Waals surface area contributed by atoms with Gasteiger partial charge in [-0.05, 0) is 12.1 Å². The van der Waals surface area contributed by atoms with Crippen molar-refractivity contribution in [2.75, 3.05) is 17.7 Å². The number of cyclic esters (lactones) is 2. The quantitative estimate of drug-likeness (QED) is 0.435. The van der Waals surface area contributed by atoms with Crippen LogP contribution >= 0.6 is 0 Å². The van der Waals surface area contributed by atoms with Gasteiger partial charge in [-0.2, -0.15) is 0 Å². The number of benzene rings is 1. The Hall–Kier alpha value is -3.03. The third kappa shape index (κ3) is 3.42. The SMILES string of the molecule is CNc1c(NC=C2C(=O)OC(C)(C)OC2=O)cccc1C(=O)O. The molecule has 3 N–H and O–H groups in total. The molecule has 1 aromatic rings. The number of carbonyl (C=O) groups excluding carboxylic acids is 2. The second-order valence-corrected chi connectivity index (χ2v) is 5.16. The Labute approximate surface area is 132 Å². The molecule has 0 saturated carbocycles. The number of hydrogen-bond acceptors (Lipinski definition) is 7. The van der Waals surface area contributed by atoms with E-state index in [-0.39, 0.29) is 11.1 Å². The van der Waals surface area contributed by atoms with Crippen molar-refractivity contribution in [1.82, 2.24) is 0 Å². The van der Waals surface area contributed by atoms with Gasteiger partial charge in [0.25, 0.3) is 5.79 Å². The van der Waals surface area contributed by atoms with Gasteiger partial charge >= 0.3 is 17.9 Å². The summed E-state index contributed by atoms with van der Waals surface area (Å²) in [5.41, 5.74) is 0.429. The van der Waals surface area contributed by atoms with Crippen molar-refractivity contribution in [3.8, 4) is 0 Å². The summed E-state index contributed by atoms with van der Waals surface area (Å²) in [7, 11) is 1.56. The van der Waals surface area contributed by atoms with E-state index in [1.807, 2.05) is 0 Å². The van der Waals surface area contributed by atoms with Crippen molar-refractivity contribution in [1.29, 1.82) is 0 Å². The number of hydrogen-bond donors (Lipinski definition) is 3. The van der Waals surface area contributed by atoms with E-state index in [2.05, 4.69) is 10.6 Å². The molecule has 0 unspecified atom stereocenters. The summed E-state index contributed by atoms with van der Waals surface area (Å²) in [5.74, 6) is -4.06. The largest absolute Gasteiger partial charge is 0.478 e. The minimum atomic E-state index is -1.31. The van der Waals surface area contributed by atoms with Crippen molar-refractivity contribution in [3.63, 3.8) is 0 Å². The second kappa shape index (κ2) is 5.99. The number of carboxylic acid groups (broad SMARTS) is 1. The van der Waals surface area contributed by atoms with Crippen LogP contribution in [0, 0.1) is 0 Å². The van der Waals surface area contributed by atoms with Crippen molar-refractivity contribution >= 4 is 29.3 Å². The molecule has 23 heavy (non-hydrogen) atoms. The highest BCUT2D eigenvalue weighted by Crippen LogP contribution is 2.27. The maximum absolute atomic E-state index is 11.8. The number of rotatable bonds is 4. The maximum atomic E-state index is 11.8. The Kier molecular flexibility index (Phi) is 4.26. The summed E-state index contributed by atoms with van der Waals surface area (Å²) in [6.07, 6.45) is 1.13. The first-order chi connectivity index (χ1) is 10.7. The van der Waals surface area contributed by atoms with Crippen LogP contribution < -0.4 is 10.6 Å². The third-order valence-corrected chi connectivity index (χ3v) is 3.03. The van der Waals surface area contributed by atoms with Gasteiger partial charge in [0.05, 0.1) is 16.9 Å². The van der Waals surface area contributed by atoms with E-state index in [0.717, 1.165) is 6.20 Å². The molecule has 8 heteroatoms. The fourth-order valence-electron chi connectivity index (χ4n) is 2.05. The zero-order valence-corrected chi connectivity index (χ0v) is 12.8. The molecule has 1 aliphatic heterocycles. The third-order valence-electron chi connectivity index (χ3n) is 3.03. The van der Waals surface area contributed by atoms with Gasteiger partial charge in [0.15, 0.2) is 5.57 Å². The lowest BCUT2D eigenvalue weighted by atomic mass is 10.1. The predicted octanol–water partition coefficient (Wildman–Crippen LogP) is 1.56. The van der Waals surface area contributed by atoms with Gasteiger partial charge in [-0.3, -0.25) is 0 Å². The lowest BCUT2D eigenvalue weighted by Crippen LogP contribution is -2.42. The number of ether oxygens (including phenoxy) is 2. The van der Waals surface area contributed by atoms with Crippen LogP contribution in [0.15, 0.2) is 30.0 Å². The number of carboxylic acids is 1. The molecule has 1 aromatic carbocycles. The molecule has 0 amide bonds. The zero-order chi connectivity index (χ0) is 17.2. The number of anilines is 2. The maximum Gasteiger partial charge on any atom is 0.350 e. The van der Waals surface area contributed by atoms with Crippen molar-refractivity contribution < 1.29 is 29.0 Å². The predicted molar refractivity (Wildman–Crippen MR) is 80.9 cm³/mol. The highest BCUT2D eigenvalue weighted by Gasteiger charge is 2.39. The summed E-state index contributed by atoms with van der Waals surface area (Å²) in [5, 5.41) is 14.6. The monoisotopic (exact) mass is 320 g/mol. The lowest BCUT2D eigenvalue weighted by Gasteiger charge is -2.29. The number of carbonyl (C=O) groups is 3. The molecular formula is C15H16N2O6. The molecule has 1 heterocycles. The summed E-state index contributed by atoms with van der Waals surface area (Å²) in [6, 6.07) is 4.56. The molecule has 0 aromatic heterocycles. The molecule has 8 nitrogen and oxygen atoms in total. The fourth-order valence-corrected chi connectivity index (χ4v) is 2.05. The van der Waals surface area contributed by atoms with E-state index in [4.69, 9.17) is 14.6 Å². The standard InChI is InChI=1S/C15H16N2O6/c1-15(2)22-13(20)9(14(21)23-15)7-17-10-6-4-5-8(12(18)19)11(10)16-3/h4-7,16-17H,1-3H3,(H,18,19). The van der Waals surface area contributed by atoms with Gasteiger partial charge in [-0.15, -0.1) is 0 Å². The van der Waals surface area contributed by atoms with E-state index < -0.39 is 23.7 Å². The second-order valence-electron chi connectivity index (χ2n) is 5.16. The van der Waals surface area contributed by atoms with E-state index in [1.54, 1.807) is 13.1 Å². The first-order valence-corrected chi connectivity index (χ1v) is 6.72. The summed E-state index contributed by atoms with van der Waals surface area (Å²) < 4.78 is 9.93. The molecule has 0 aliphatic carbocycles. The van der Waals surface area contributed by atoms with Gasteiger partial charge in [-0.25, -0.2) is 14.4 Å². The van der Waals surface area contributed by atoms with Crippen LogP contribution in [0.1, 0.15) is 24.2 Å². The van der Waals surface area contributed by atoms with Crippen LogP contribution in [0.2, 0.25) is 0 Å². The van der Waals surface area contributed by atoms with Crippen LogP contribution in [-0.4, -0.2) is 35.8 Å². The minimum absolute atomic E-state index is 0.0471. The van der Waals surface area contributed by atoms with E-state index >= 15 is 0 Å². The van der Waals surface area contributed by atoms with Crippen molar-refractivity contribution in [3.05, 3.63) is 35.5 Å². The van der Waals surface area contributed by atoms with Gasteiger partial charge in [0.1, 0.15) is 0 Å². The number of esters is 2. The van der Waals surface area contributed by atoms with E-state index in [0.29, 0.717) is 11.4 Å². The van der Waals surface area contributed by atoms with Crippen LogP contribution in [0.5, 0.6) is 0 Å². The molecule has 0 atom stereocenters. The lowest BCUT2D eigenvalue weighted by molar-refractivity contribution is -0.222. The molecule has 2 rings (SSSR count). The van der Waals surface area contributed by atoms with Crippen molar-refractivity contribution in [2.24, 2.45) is 0 Å². The topological polar surface area (TPSA) is 114 Å². The Morgan fingerprint density at radius 3 is 2.35 bits per heavy atom. The van der Waals surface area contributed by atoms with Crippen LogP contribution in [0.3, 0.4) is 0 Å². The Morgan fingerprint density at radius 1 is 1.22 bits per heavy atom. The molecule has 1 aliphatic rings. The van der Waals surface area contributed by atoms with Gasteiger partial charge in [-0.1, -0.05) is 6.07 Å². The normalized spacial score (nSPS) is 16.2. The van der Waals surface area contributed by atoms with Gasteiger partial charge in [0.2, 0.25) is 0 Å². The first-order valence-electron chi connectivity index (χ1n) is 6.72. The molecule has 1 fully saturated rings. The molecule has 0 bridgehead atoms. The molecule has 0 radical (unpaired) electrons. The highest BCUT2D eigenvalue weighted by molar-refractivity contribution is 6.15. The summed E-state index contributed by atoms with van der Waals surface area (Å²) in [4.78, 5) is 34.8. The van der Waals surface area contributed by atoms with E-state index in [1.165, 1.54) is 26.0 Å².